The molecule has 2 rings (SSSR count). The molecule has 6 heteroatoms. The largest absolute Gasteiger partial charge is 0.478 e. The highest BCUT2D eigenvalue weighted by Crippen LogP contribution is 2.25. The SMILES string of the molecule is O=C(Cc1occc1C(=O)O)NC1CCCC1CO. The summed E-state index contributed by atoms with van der Waals surface area (Å²) in [6.07, 6.45) is 3.90. The molecule has 1 fully saturated rings. The molecule has 1 aliphatic carbocycles. The lowest BCUT2D eigenvalue weighted by Crippen LogP contribution is -2.39. The Hall–Kier alpha value is -1.82. The number of hydrogen-bond donors (Lipinski definition) is 3. The summed E-state index contributed by atoms with van der Waals surface area (Å²) in [6, 6.07) is 1.30. The average molecular weight is 267 g/mol. The van der Waals surface area contributed by atoms with Crippen molar-refractivity contribution in [2.24, 2.45) is 5.92 Å². The monoisotopic (exact) mass is 267 g/mol. The molecule has 104 valence electrons. The molecule has 0 bridgehead atoms. The molecule has 0 spiro atoms. The molecule has 0 saturated heterocycles. The molecule has 1 aliphatic rings. The van der Waals surface area contributed by atoms with Crippen LogP contribution in [-0.4, -0.2) is 34.7 Å². The van der Waals surface area contributed by atoms with Gasteiger partial charge in [0, 0.05) is 18.6 Å². The first kappa shape index (κ1) is 13.6. The van der Waals surface area contributed by atoms with E-state index < -0.39 is 5.97 Å². The number of nitrogens with one attached hydrogen (secondary N) is 1. The highest BCUT2D eigenvalue weighted by Gasteiger charge is 2.28. The number of aliphatic hydroxyl groups excluding tert-OH is 1. The van der Waals surface area contributed by atoms with Crippen molar-refractivity contribution in [3.8, 4) is 0 Å². The molecule has 0 aromatic carbocycles. The van der Waals surface area contributed by atoms with Crippen molar-refractivity contribution in [1.29, 1.82) is 0 Å². The molecule has 19 heavy (non-hydrogen) atoms. The van der Waals surface area contributed by atoms with Crippen molar-refractivity contribution >= 4 is 11.9 Å². The lowest BCUT2D eigenvalue weighted by molar-refractivity contribution is -0.121. The van der Waals surface area contributed by atoms with Gasteiger partial charge in [-0.15, -0.1) is 0 Å². The molecule has 1 heterocycles. The fourth-order valence-corrected chi connectivity index (χ4v) is 2.52. The minimum absolute atomic E-state index is 0.0141. The number of carbonyl (C=O) groups excluding carboxylic acids is 1. The average Bonchev–Trinajstić information content (AvgIpc) is 2.97. The Morgan fingerprint density at radius 1 is 1.42 bits per heavy atom. The number of amides is 1. The summed E-state index contributed by atoms with van der Waals surface area (Å²) in [4.78, 5) is 22.7. The Labute approximate surface area is 110 Å². The van der Waals surface area contributed by atoms with Crippen molar-refractivity contribution in [3.63, 3.8) is 0 Å². The van der Waals surface area contributed by atoms with Crippen LogP contribution in [-0.2, 0) is 11.2 Å². The predicted molar refractivity (Wildman–Crippen MR) is 65.7 cm³/mol. The third-order valence-corrected chi connectivity index (χ3v) is 3.54. The second-order valence-electron chi connectivity index (χ2n) is 4.79. The molecular formula is C13H17NO5. The van der Waals surface area contributed by atoms with Gasteiger partial charge in [-0.1, -0.05) is 6.42 Å². The van der Waals surface area contributed by atoms with Gasteiger partial charge in [0.15, 0.2) is 0 Å². The van der Waals surface area contributed by atoms with E-state index in [0.29, 0.717) is 0 Å². The normalized spacial score (nSPS) is 22.4. The number of carboxylic acids is 1. The molecule has 2 unspecified atom stereocenters. The maximum Gasteiger partial charge on any atom is 0.339 e. The van der Waals surface area contributed by atoms with Crippen LogP contribution in [0.2, 0.25) is 0 Å². The van der Waals surface area contributed by atoms with Crippen molar-refractivity contribution < 1.29 is 24.2 Å². The first-order chi connectivity index (χ1) is 9.11. The molecule has 0 aliphatic heterocycles. The van der Waals surface area contributed by atoms with Crippen LogP contribution in [0.25, 0.3) is 0 Å². The van der Waals surface area contributed by atoms with Gasteiger partial charge in [0.1, 0.15) is 11.3 Å². The molecule has 1 aromatic heterocycles. The number of hydrogen-bond acceptors (Lipinski definition) is 4. The van der Waals surface area contributed by atoms with Gasteiger partial charge in [0.25, 0.3) is 0 Å². The summed E-state index contributed by atoms with van der Waals surface area (Å²) in [5, 5.41) is 20.9. The molecule has 2 atom stereocenters. The van der Waals surface area contributed by atoms with Gasteiger partial charge in [-0.2, -0.15) is 0 Å². The fraction of sp³-hybridized carbons (Fsp3) is 0.538. The molecule has 1 amide bonds. The molecular weight excluding hydrogens is 250 g/mol. The van der Waals surface area contributed by atoms with Crippen molar-refractivity contribution in [1.82, 2.24) is 5.32 Å². The minimum Gasteiger partial charge on any atom is -0.478 e. The van der Waals surface area contributed by atoms with E-state index in [-0.39, 0.29) is 42.2 Å². The third-order valence-electron chi connectivity index (χ3n) is 3.54. The van der Waals surface area contributed by atoms with Crippen LogP contribution in [0.5, 0.6) is 0 Å². The summed E-state index contributed by atoms with van der Waals surface area (Å²) in [5.41, 5.74) is 0.0141. The van der Waals surface area contributed by atoms with Gasteiger partial charge in [-0.3, -0.25) is 4.79 Å². The van der Waals surface area contributed by atoms with Crippen LogP contribution in [0.1, 0.15) is 35.4 Å². The zero-order valence-corrected chi connectivity index (χ0v) is 10.5. The Kier molecular flexibility index (Phi) is 4.21. The third kappa shape index (κ3) is 3.14. The van der Waals surface area contributed by atoms with Crippen molar-refractivity contribution in [2.75, 3.05) is 6.61 Å². The highest BCUT2D eigenvalue weighted by molar-refractivity contribution is 5.90. The summed E-state index contributed by atoms with van der Waals surface area (Å²) in [7, 11) is 0. The molecule has 0 radical (unpaired) electrons. The van der Waals surface area contributed by atoms with Gasteiger partial charge >= 0.3 is 5.97 Å². The summed E-state index contributed by atoms with van der Waals surface area (Å²) >= 11 is 0. The maximum atomic E-state index is 11.9. The molecule has 1 saturated carbocycles. The summed E-state index contributed by atoms with van der Waals surface area (Å²) in [6.45, 7) is 0.0616. The first-order valence-electron chi connectivity index (χ1n) is 6.31. The summed E-state index contributed by atoms with van der Waals surface area (Å²) < 4.78 is 5.02. The Morgan fingerprint density at radius 2 is 2.21 bits per heavy atom. The van der Waals surface area contributed by atoms with Crippen LogP contribution in [0.3, 0.4) is 0 Å². The number of aliphatic hydroxyl groups is 1. The number of furan rings is 1. The zero-order chi connectivity index (χ0) is 13.8. The number of carbonyl (C=O) groups is 2. The fourth-order valence-electron chi connectivity index (χ4n) is 2.52. The van der Waals surface area contributed by atoms with Crippen LogP contribution in [0, 0.1) is 5.92 Å². The quantitative estimate of drug-likeness (QED) is 0.732. The lowest BCUT2D eigenvalue weighted by atomic mass is 10.0. The number of rotatable bonds is 5. The van der Waals surface area contributed by atoms with E-state index in [1.165, 1.54) is 12.3 Å². The van der Waals surface area contributed by atoms with Gasteiger partial charge in [0.05, 0.1) is 12.7 Å². The number of carboxylic acid groups (broad SMARTS) is 1. The topological polar surface area (TPSA) is 99.8 Å². The lowest BCUT2D eigenvalue weighted by Gasteiger charge is -2.18. The highest BCUT2D eigenvalue weighted by atomic mass is 16.4. The van der Waals surface area contributed by atoms with Gasteiger partial charge < -0.3 is 19.9 Å². The molecule has 3 N–H and O–H groups in total. The summed E-state index contributed by atoms with van der Waals surface area (Å²) in [5.74, 6) is -1.13. The molecule has 1 aromatic rings. The Bertz CT molecular complexity index is 467. The van der Waals surface area contributed by atoms with Crippen LogP contribution < -0.4 is 5.32 Å². The first-order valence-corrected chi connectivity index (χ1v) is 6.31. The van der Waals surface area contributed by atoms with Crippen molar-refractivity contribution in [3.05, 3.63) is 23.7 Å². The number of aromatic carboxylic acids is 1. The standard InChI is InChI=1S/C13H17NO5/c15-7-8-2-1-3-10(8)14-12(16)6-11-9(13(17)18)4-5-19-11/h4-5,8,10,15H,1-3,6-7H2,(H,14,16)(H,17,18). The van der Waals surface area contributed by atoms with E-state index in [9.17, 15) is 14.7 Å². The van der Waals surface area contributed by atoms with Crippen LogP contribution in [0.4, 0.5) is 0 Å². The van der Waals surface area contributed by atoms with Gasteiger partial charge in [-0.05, 0) is 18.9 Å². The Morgan fingerprint density at radius 3 is 2.89 bits per heavy atom. The minimum atomic E-state index is -1.11. The van der Waals surface area contributed by atoms with Gasteiger partial charge in [-0.25, -0.2) is 4.79 Å². The van der Waals surface area contributed by atoms with E-state index in [2.05, 4.69) is 5.32 Å². The maximum absolute atomic E-state index is 11.9. The molecule has 6 nitrogen and oxygen atoms in total. The van der Waals surface area contributed by atoms with Crippen molar-refractivity contribution in [2.45, 2.75) is 31.7 Å². The van der Waals surface area contributed by atoms with E-state index in [1.54, 1.807) is 0 Å². The second-order valence-corrected chi connectivity index (χ2v) is 4.79. The van der Waals surface area contributed by atoms with Crippen LogP contribution >= 0.6 is 0 Å². The predicted octanol–water partition coefficient (Wildman–Crippen LogP) is 0.797. The smallest absolute Gasteiger partial charge is 0.339 e. The van der Waals surface area contributed by atoms with E-state index in [1.807, 2.05) is 0 Å². The second kappa shape index (κ2) is 5.88. The van der Waals surface area contributed by atoms with E-state index >= 15 is 0 Å². The van der Waals surface area contributed by atoms with Crippen LogP contribution in [0.15, 0.2) is 16.7 Å². The zero-order valence-electron chi connectivity index (χ0n) is 10.5. The van der Waals surface area contributed by atoms with E-state index in [0.717, 1.165) is 19.3 Å². The van der Waals surface area contributed by atoms with Gasteiger partial charge in [0.2, 0.25) is 5.91 Å². The Balaban J connectivity index is 1.94. The van der Waals surface area contributed by atoms with E-state index in [4.69, 9.17) is 9.52 Å².